The number of fused-ring (bicyclic) bond motifs is 1. The molecule has 0 atom stereocenters. The Morgan fingerprint density at radius 2 is 1.74 bits per heavy atom. The van der Waals surface area contributed by atoms with E-state index < -0.39 is 0 Å². The molecule has 34 heavy (non-hydrogen) atoms. The van der Waals surface area contributed by atoms with E-state index in [1.807, 2.05) is 42.6 Å². The molecule has 2 aromatic carbocycles. The van der Waals surface area contributed by atoms with Crippen LogP contribution in [-0.4, -0.2) is 16.7 Å². The molecule has 4 nitrogen and oxygen atoms in total. The molecule has 0 spiro atoms. The molecule has 2 heterocycles. The Balaban J connectivity index is 1.45. The molecule has 0 saturated carbocycles. The van der Waals surface area contributed by atoms with Gasteiger partial charge in [0.05, 0.1) is 5.56 Å². The van der Waals surface area contributed by atoms with Gasteiger partial charge in [0.2, 0.25) is 0 Å². The molecule has 172 valence electrons. The van der Waals surface area contributed by atoms with E-state index in [4.69, 9.17) is 4.99 Å². The number of thiophene rings is 1. The minimum atomic E-state index is -0.0230. The number of nitrogens with one attached hydrogen (secondary N) is 1. The van der Waals surface area contributed by atoms with Crippen LogP contribution in [0.3, 0.4) is 0 Å². The zero-order valence-corrected chi connectivity index (χ0v) is 20.5. The van der Waals surface area contributed by atoms with Crippen molar-refractivity contribution < 1.29 is 4.79 Å². The molecule has 2 aromatic heterocycles. The highest BCUT2D eigenvalue weighted by Gasteiger charge is 2.25. The summed E-state index contributed by atoms with van der Waals surface area (Å²) in [6.45, 7) is 4.75. The van der Waals surface area contributed by atoms with E-state index in [0.717, 1.165) is 58.0 Å². The van der Waals surface area contributed by atoms with Crippen LogP contribution in [0.4, 0.5) is 5.00 Å². The number of para-hydroxylation sites is 1. The van der Waals surface area contributed by atoms with Crippen molar-refractivity contribution >= 4 is 28.5 Å². The average molecular weight is 468 g/mol. The molecule has 0 bridgehead atoms. The first-order chi connectivity index (χ1) is 16.6. The number of hydrogen-bond acceptors (Lipinski definition) is 3. The number of aryl methyl sites for hydroxylation is 2. The Hall–Kier alpha value is -3.44. The normalized spacial score (nSPS) is 13.2. The number of nitrogens with zero attached hydrogens (tertiary/aromatic N) is 2. The third-order valence-electron chi connectivity index (χ3n) is 6.48. The minimum Gasteiger partial charge on any atom is -0.348 e. The van der Waals surface area contributed by atoms with Crippen molar-refractivity contribution in [1.82, 2.24) is 9.88 Å². The van der Waals surface area contributed by atoms with Gasteiger partial charge in [0.1, 0.15) is 5.00 Å². The summed E-state index contributed by atoms with van der Waals surface area (Å²) < 4.78 is 2.24. The molecule has 0 saturated heterocycles. The summed E-state index contributed by atoms with van der Waals surface area (Å²) >= 11 is 1.68. The fourth-order valence-corrected chi connectivity index (χ4v) is 5.99. The van der Waals surface area contributed by atoms with E-state index in [9.17, 15) is 4.79 Å². The van der Waals surface area contributed by atoms with Crippen LogP contribution in [-0.2, 0) is 19.4 Å². The molecular weight excluding hydrogens is 438 g/mol. The Morgan fingerprint density at radius 3 is 2.50 bits per heavy atom. The van der Waals surface area contributed by atoms with E-state index in [1.165, 1.54) is 16.9 Å². The largest absolute Gasteiger partial charge is 0.348 e. The molecular formula is C29H29N3OS. The van der Waals surface area contributed by atoms with Gasteiger partial charge < -0.3 is 9.88 Å². The number of rotatable bonds is 6. The molecule has 1 N–H and O–H groups in total. The van der Waals surface area contributed by atoms with Gasteiger partial charge in [-0.15, -0.1) is 11.3 Å². The highest BCUT2D eigenvalue weighted by atomic mass is 32.1. The lowest BCUT2D eigenvalue weighted by atomic mass is 9.95. The first-order valence-corrected chi connectivity index (χ1v) is 12.7. The fourth-order valence-electron chi connectivity index (χ4n) is 4.76. The van der Waals surface area contributed by atoms with Crippen molar-refractivity contribution in [3.05, 3.63) is 105 Å². The molecule has 4 aromatic rings. The number of hydrogen-bond donors (Lipinski definition) is 1. The number of carbonyl (C=O) groups is 1. The maximum Gasteiger partial charge on any atom is 0.254 e. The lowest BCUT2D eigenvalue weighted by Gasteiger charge is -2.12. The number of aliphatic imine (C=N–C) groups is 1. The van der Waals surface area contributed by atoms with Gasteiger partial charge in [-0.25, -0.2) is 4.99 Å². The van der Waals surface area contributed by atoms with Crippen LogP contribution in [0.2, 0.25) is 0 Å². The quantitative estimate of drug-likeness (QED) is 0.315. The Bertz CT molecular complexity index is 1330. The summed E-state index contributed by atoms with van der Waals surface area (Å²) in [6.07, 6.45) is 6.23. The number of amides is 1. The highest BCUT2D eigenvalue weighted by Crippen LogP contribution is 2.40. The lowest BCUT2D eigenvalue weighted by Crippen LogP contribution is -2.24. The van der Waals surface area contributed by atoms with Crippen molar-refractivity contribution in [2.45, 2.75) is 46.1 Å². The van der Waals surface area contributed by atoms with Gasteiger partial charge in [-0.2, -0.15) is 0 Å². The predicted molar refractivity (Wildman–Crippen MR) is 141 cm³/mol. The van der Waals surface area contributed by atoms with Crippen LogP contribution in [0.5, 0.6) is 0 Å². The van der Waals surface area contributed by atoms with Crippen molar-refractivity contribution in [3.63, 3.8) is 0 Å². The summed E-state index contributed by atoms with van der Waals surface area (Å²) in [7, 11) is 0. The van der Waals surface area contributed by atoms with E-state index in [1.54, 1.807) is 11.3 Å². The molecule has 1 amide bonds. The van der Waals surface area contributed by atoms with E-state index in [-0.39, 0.29) is 5.91 Å². The number of carbonyl (C=O) groups excluding carboxylic acids is 1. The molecule has 0 fully saturated rings. The average Bonchev–Trinajstić information content (AvgIpc) is 3.38. The maximum absolute atomic E-state index is 13.3. The predicted octanol–water partition coefficient (Wildman–Crippen LogP) is 6.72. The van der Waals surface area contributed by atoms with Crippen molar-refractivity contribution in [1.29, 1.82) is 0 Å². The van der Waals surface area contributed by atoms with Crippen LogP contribution < -0.4 is 5.32 Å². The van der Waals surface area contributed by atoms with Gasteiger partial charge in [0, 0.05) is 40.3 Å². The SMILES string of the molecule is Cc1cc(C=Nc2sc3c(c2C(=O)NCc2ccccc2)CCCC3)c(C)n1-c1ccccc1. The second-order valence-corrected chi connectivity index (χ2v) is 9.90. The highest BCUT2D eigenvalue weighted by molar-refractivity contribution is 7.16. The Labute approximate surface area is 205 Å². The zero-order chi connectivity index (χ0) is 23.5. The minimum absolute atomic E-state index is 0.0230. The molecule has 1 aliphatic rings. The van der Waals surface area contributed by atoms with Crippen LogP contribution in [0, 0.1) is 13.8 Å². The molecule has 5 rings (SSSR count). The maximum atomic E-state index is 13.3. The summed E-state index contributed by atoms with van der Waals surface area (Å²) in [5, 5.41) is 3.95. The summed E-state index contributed by atoms with van der Waals surface area (Å²) in [5.74, 6) is -0.0230. The van der Waals surface area contributed by atoms with Crippen LogP contribution in [0.1, 0.15) is 56.2 Å². The third-order valence-corrected chi connectivity index (χ3v) is 7.68. The molecule has 0 unspecified atom stereocenters. The lowest BCUT2D eigenvalue weighted by molar-refractivity contribution is 0.0951. The fraction of sp³-hybridized carbons (Fsp3) is 0.241. The molecule has 0 aliphatic heterocycles. The second kappa shape index (κ2) is 9.82. The van der Waals surface area contributed by atoms with E-state index >= 15 is 0 Å². The Kier molecular flexibility index (Phi) is 6.45. The van der Waals surface area contributed by atoms with Crippen LogP contribution in [0.15, 0.2) is 71.7 Å². The van der Waals surface area contributed by atoms with Crippen molar-refractivity contribution in [2.75, 3.05) is 0 Å². The molecule has 0 radical (unpaired) electrons. The summed E-state index contributed by atoms with van der Waals surface area (Å²) in [6, 6.07) is 22.6. The standard InChI is InChI=1S/C29H29N3OS/c1-20-17-23(21(2)32(20)24-13-7-4-8-14-24)19-31-29-27(25-15-9-10-16-26(25)34-29)28(33)30-18-22-11-5-3-6-12-22/h3-8,11-14,17,19H,9-10,15-16,18H2,1-2H3,(H,30,33). The van der Waals surface area contributed by atoms with Crippen LogP contribution in [0.25, 0.3) is 5.69 Å². The molecule has 5 heteroatoms. The topological polar surface area (TPSA) is 46.4 Å². The third kappa shape index (κ3) is 4.48. The van der Waals surface area contributed by atoms with Crippen LogP contribution >= 0.6 is 11.3 Å². The summed E-state index contributed by atoms with van der Waals surface area (Å²) in [5.41, 5.74) is 7.58. The van der Waals surface area contributed by atoms with Crippen molar-refractivity contribution in [3.8, 4) is 5.69 Å². The van der Waals surface area contributed by atoms with Gasteiger partial charge in [0.25, 0.3) is 5.91 Å². The first kappa shape index (κ1) is 22.4. The first-order valence-electron chi connectivity index (χ1n) is 11.9. The smallest absolute Gasteiger partial charge is 0.254 e. The summed E-state index contributed by atoms with van der Waals surface area (Å²) in [4.78, 5) is 19.5. The monoisotopic (exact) mass is 467 g/mol. The zero-order valence-electron chi connectivity index (χ0n) is 19.7. The van der Waals surface area contributed by atoms with Gasteiger partial charge in [0.15, 0.2) is 0 Å². The number of aromatic nitrogens is 1. The Morgan fingerprint density at radius 1 is 1.03 bits per heavy atom. The van der Waals surface area contributed by atoms with Gasteiger partial charge in [-0.1, -0.05) is 48.5 Å². The van der Waals surface area contributed by atoms with E-state index in [2.05, 4.69) is 54.1 Å². The van der Waals surface area contributed by atoms with Gasteiger partial charge >= 0.3 is 0 Å². The van der Waals surface area contributed by atoms with Gasteiger partial charge in [-0.05, 0) is 68.9 Å². The molecule has 1 aliphatic carbocycles. The number of benzene rings is 2. The van der Waals surface area contributed by atoms with Gasteiger partial charge in [-0.3, -0.25) is 4.79 Å². The van der Waals surface area contributed by atoms with E-state index in [0.29, 0.717) is 6.54 Å². The second-order valence-electron chi connectivity index (χ2n) is 8.81. The van der Waals surface area contributed by atoms with Crippen molar-refractivity contribution in [2.24, 2.45) is 4.99 Å².